The second-order valence-corrected chi connectivity index (χ2v) is 6.82. The molecule has 0 radical (unpaired) electrons. The van der Waals surface area contributed by atoms with Gasteiger partial charge in [-0.1, -0.05) is 0 Å². The maximum Gasteiger partial charge on any atom is 0.204 e. The van der Waals surface area contributed by atoms with Gasteiger partial charge in [0.15, 0.2) is 11.5 Å². The molecule has 0 aliphatic heterocycles. The van der Waals surface area contributed by atoms with Crippen molar-refractivity contribution in [3.63, 3.8) is 0 Å². The SMILES string of the molecule is COc1ccc2c(-c3ccc(OC)c(OC(C)C)c3OC(C)C)coc2c1. The van der Waals surface area contributed by atoms with E-state index in [-0.39, 0.29) is 12.2 Å². The van der Waals surface area contributed by atoms with Crippen molar-refractivity contribution in [2.45, 2.75) is 39.9 Å². The Morgan fingerprint density at radius 3 is 2.11 bits per heavy atom. The summed E-state index contributed by atoms with van der Waals surface area (Å²) in [7, 11) is 3.26. The Bertz CT molecular complexity index is 924. The lowest BCUT2D eigenvalue weighted by Crippen LogP contribution is -2.12. The molecule has 0 bridgehead atoms. The van der Waals surface area contributed by atoms with Crippen LogP contribution in [0.3, 0.4) is 0 Å². The van der Waals surface area contributed by atoms with Crippen molar-refractivity contribution < 1.29 is 23.4 Å². The van der Waals surface area contributed by atoms with Crippen LogP contribution >= 0.6 is 0 Å². The monoisotopic (exact) mass is 370 g/mol. The average molecular weight is 370 g/mol. The average Bonchev–Trinajstić information content (AvgIpc) is 3.05. The summed E-state index contributed by atoms with van der Waals surface area (Å²) >= 11 is 0. The minimum Gasteiger partial charge on any atom is -0.497 e. The highest BCUT2D eigenvalue weighted by Crippen LogP contribution is 2.47. The summed E-state index contributed by atoms with van der Waals surface area (Å²) in [6.45, 7) is 7.93. The maximum atomic E-state index is 6.17. The fraction of sp³-hybridized carbons (Fsp3) is 0.364. The summed E-state index contributed by atoms with van der Waals surface area (Å²) in [5.41, 5.74) is 2.57. The van der Waals surface area contributed by atoms with Gasteiger partial charge in [-0.25, -0.2) is 0 Å². The lowest BCUT2D eigenvalue weighted by molar-refractivity contribution is 0.192. The molecule has 0 N–H and O–H groups in total. The van der Waals surface area contributed by atoms with E-state index in [0.29, 0.717) is 17.2 Å². The van der Waals surface area contributed by atoms with Gasteiger partial charge >= 0.3 is 0 Å². The largest absolute Gasteiger partial charge is 0.497 e. The van der Waals surface area contributed by atoms with Crippen molar-refractivity contribution in [2.24, 2.45) is 0 Å². The van der Waals surface area contributed by atoms with Gasteiger partial charge in [-0.05, 0) is 52.0 Å². The molecule has 0 aliphatic rings. The third kappa shape index (κ3) is 3.82. The normalized spacial score (nSPS) is 11.3. The molecule has 0 saturated heterocycles. The van der Waals surface area contributed by atoms with Gasteiger partial charge in [0.2, 0.25) is 5.75 Å². The van der Waals surface area contributed by atoms with Crippen molar-refractivity contribution in [1.29, 1.82) is 0 Å². The van der Waals surface area contributed by atoms with Gasteiger partial charge in [0.25, 0.3) is 0 Å². The molecule has 3 aromatic rings. The van der Waals surface area contributed by atoms with Crippen molar-refractivity contribution in [3.05, 3.63) is 36.6 Å². The Balaban J connectivity index is 2.22. The van der Waals surface area contributed by atoms with Gasteiger partial charge in [-0.15, -0.1) is 0 Å². The van der Waals surface area contributed by atoms with Crippen LogP contribution in [0.5, 0.6) is 23.0 Å². The Labute approximate surface area is 159 Å². The van der Waals surface area contributed by atoms with Gasteiger partial charge in [0.1, 0.15) is 11.3 Å². The molecule has 0 amide bonds. The zero-order chi connectivity index (χ0) is 19.6. The smallest absolute Gasteiger partial charge is 0.204 e. The number of methoxy groups -OCH3 is 2. The molecule has 27 heavy (non-hydrogen) atoms. The summed E-state index contributed by atoms with van der Waals surface area (Å²) in [5, 5.41) is 0.977. The standard InChI is InChI=1S/C22H26O5/c1-13(2)26-21-17(9-10-19(24-6)22(21)27-14(3)4)18-12-25-20-11-15(23-5)7-8-16(18)20/h7-14H,1-6H3. The van der Waals surface area contributed by atoms with Gasteiger partial charge in [0, 0.05) is 22.6 Å². The van der Waals surface area contributed by atoms with Crippen molar-refractivity contribution >= 4 is 11.0 Å². The topological polar surface area (TPSA) is 50.1 Å². The molecule has 0 aliphatic carbocycles. The summed E-state index contributed by atoms with van der Waals surface area (Å²) in [6, 6.07) is 9.64. The zero-order valence-corrected chi connectivity index (χ0v) is 16.7. The van der Waals surface area contributed by atoms with Crippen molar-refractivity contribution in [2.75, 3.05) is 14.2 Å². The van der Waals surface area contributed by atoms with Crippen LogP contribution in [0.4, 0.5) is 0 Å². The maximum absolute atomic E-state index is 6.17. The van der Waals surface area contributed by atoms with Crippen LogP contribution in [0.2, 0.25) is 0 Å². The van der Waals surface area contributed by atoms with E-state index in [9.17, 15) is 0 Å². The highest BCUT2D eigenvalue weighted by molar-refractivity contribution is 5.97. The minimum atomic E-state index is -0.0244. The molecule has 1 heterocycles. The van der Waals surface area contributed by atoms with Crippen LogP contribution in [-0.4, -0.2) is 26.4 Å². The summed E-state index contributed by atoms with van der Waals surface area (Å²) in [4.78, 5) is 0. The Hall–Kier alpha value is -2.82. The molecular weight excluding hydrogens is 344 g/mol. The van der Waals surface area contributed by atoms with E-state index >= 15 is 0 Å². The molecule has 0 atom stereocenters. The van der Waals surface area contributed by atoms with Crippen molar-refractivity contribution in [3.8, 4) is 34.1 Å². The molecule has 5 nitrogen and oxygen atoms in total. The Morgan fingerprint density at radius 1 is 0.778 bits per heavy atom. The second-order valence-electron chi connectivity index (χ2n) is 6.82. The van der Waals surface area contributed by atoms with Crippen LogP contribution in [-0.2, 0) is 0 Å². The molecule has 0 saturated carbocycles. The first-order chi connectivity index (χ1) is 12.9. The molecule has 0 unspecified atom stereocenters. The predicted octanol–water partition coefficient (Wildman–Crippen LogP) is 5.69. The van der Waals surface area contributed by atoms with Crippen LogP contribution in [0.15, 0.2) is 41.0 Å². The number of benzene rings is 2. The highest BCUT2D eigenvalue weighted by atomic mass is 16.5. The van der Waals surface area contributed by atoms with Crippen molar-refractivity contribution in [1.82, 2.24) is 0 Å². The molecule has 5 heteroatoms. The first kappa shape index (κ1) is 19.0. The van der Waals surface area contributed by atoms with E-state index in [1.165, 1.54) is 0 Å². The number of rotatable bonds is 7. The van der Waals surface area contributed by atoms with E-state index in [4.69, 9.17) is 23.4 Å². The number of hydrogen-bond acceptors (Lipinski definition) is 5. The lowest BCUT2D eigenvalue weighted by atomic mass is 10.0. The Morgan fingerprint density at radius 2 is 1.48 bits per heavy atom. The van der Waals surface area contributed by atoms with Gasteiger partial charge in [-0.3, -0.25) is 0 Å². The fourth-order valence-electron chi connectivity index (χ4n) is 2.96. The van der Waals surface area contributed by atoms with E-state index in [1.807, 2.05) is 58.0 Å². The quantitative estimate of drug-likeness (QED) is 0.534. The second kappa shape index (κ2) is 7.82. The molecular formula is C22H26O5. The zero-order valence-electron chi connectivity index (χ0n) is 16.7. The summed E-state index contributed by atoms with van der Waals surface area (Å²) in [6.07, 6.45) is 1.69. The molecule has 0 spiro atoms. The van der Waals surface area contributed by atoms with Crippen LogP contribution in [0.25, 0.3) is 22.1 Å². The van der Waals surface area contributed by atoms with Gasteiger partial charge in [-0.2, -0.15) is 0 Å². The third-order valence-electron chi connectivity index (χ3n) is 4.08. The fourth-order valence-corrected chi connectivity index (χ4v) is 2.96. The number of fused-ring (bicyclic) bond motifs is 1. The predicted molar refractivity (Wildman–Crippen MR) is 106 cm³/mol. The lowest BCUT2D eigenvalue weighted by Gasteiger charge is -2.21. The first-order valence-electron chi connectivity index (χ1n) is 9.04. The highest BCUT2D eigenvalue weighted by Gasteiger charge is 2.23. The molecule has 0 fully saturated rings. The Kier molecular flexibility index (Phi) is 5.49. The van der Waals surface area contributed by atoms with E-state index < -0.39 is 0 Å². The van der Waals surface area contributed by atoms with Gasteiger partial charge in [0.05, 0.1) is 32.7 Å². The molecule has 144 valence electrons. The van der Waals surface area contributed by atoms with Gasteiger partial charge < -0.3 is 23.4 Å². The molecule has 3 rings (SSSR count). The van der Waals surface area contributed by atoms with E-state index in [2.05, 4.69) is 0 Å². The van der Waals surface area contributed by atoms with Crippen LogP contribution < -0.4 is 18.9 Å². The minimum absolute atomic E-state index is 0.0194. The number of hydrogen-bond donors (Lipinski definition) is 0. The summed E-state index contributed by atoms with van der Waals surface area (Å²) < 4.78 is 28.8. The van der Waals surface area contributed by atoms with E-state index in [1.54, 1.807) is 20.5 Å². The number of furan rings is 1. The van der Waals surface area contributed by atoms with Crippen LogP contribution in [0, 0.1) is 0 Å². The third-order valence-corrected chi connectivity index (χ3v) is 4.08. The van der Waals surface area contributed by atoms with Crippen LogP contribution in [0.1, 0.15) is 27.7 Å². The first-order valence-corrected chi connectivity index (χ1v) is 9.04. The molecule has 1 aromatic heterocycles. The van der Waals surface area contributed by atoms with E-state index in [0.717, 1.165) is 27.8 Å². The number of ether oxygens (including phenoxy) is 4. The summed E-state index contributed by atoms with van der Waals surface area (Å²) in [5.74, 6) is 2.64. The molecule has 2 aromatic carbocycles.